The number of benzene rings is 1. The number of carbonyl (C=O) groups excluding carboxylic acids is 2. The van der Waals surface area contributed by atoms with E-state index in [1.54, 1.807) is 6.07 Å². The number of nitrogens with zero attached hydrogens (tertiary/aromatic N) is 2. The van der Waals surface area contributed by atoms with E-state index < -0.39 is 0 Å². The molecule has 0 radical (unpaired) electrons. The molecule has 1 aromatic carbocycles. The summed E-state index contributed by atoms with van der Waals surface area (Å²) in [5.41, 5.74) is 2.10. The quantitative estimate of drug-likeness (QED) is 0.847. The van der Waals surface area contributed by atoms with Gasteiger partial charge in [-0.1, -0.05) is 24.2 Å². The van der Waals surface area contributed by atoms with Crippen molar-refractivity contribution >= 4 is 23.2 Å². The largest absolute Gasteiger partial charge is 0.367 e. The third-order valence-corrected chi connectivity index (χ3v) is 5.23. The van der Waals surface area contributed by atoms with Crippen molar-refractivity contribution in [1.29, 1.82) is 0 Å². The molecule has 4 rings (SSSR count). The van der Waals surface area contributed by atoms with Crippen molar-refractivity contribution in [2.45, 2.75) is 38.6 Å². The van der Waals surface area contributed by atoms with E-state index in [9.17, 15) is 9.59 Å². The Morgan fingerprint density at radius 1 is 1.22 bits per heavy atom. The minimum absolute atomic E-state index is 0.00367. The Balaban J connectivity index is 1.43. The predicted octanol–water partition coefficient (Wildman–Crippen LogP) is 2.77. The SMILES string of the molecule is CC(=O)Nc1ccccc1N1C[C@H](NC(=O)c2cc(C3CC3)on2)[C@@H](C)C1. The van der Waals surface area contributed by atoms with Crippen LogP contribution in [0.5, 0.6) is 0 Å². The van der Waals surface area contributed by atoms with Crippen molar-refractivity contribution < 1.29 is 14.1 Å². The fourth-order valence-electron chi connectivity index (χ4n) is 3.60. The van der Waals surface area contributed by atoms with Crippen LogP contribution in [-0.2, 0) is 4.79 Å². The first-order valence-electron chi connectivity index (χ1n) is 9.40. The van der Waals surface area contributed by atoms with Gasteiger partial charge in [0.2, 0.25) is 5.91 Å². The predicted molar refractivity (Wildman–Crippen MR) is 102 cm³/mol. The number of amides is 2. The lowest BCUT2D eigenvalue weighted by atomic mass is 10.1. The van der Waals surface area contributed by atoms with Crippen molar-refractivity contribution in [1.82, 2.24) is 10.5 Å². The van der Waals surface area contributed by atoms with Crippen LogP contribution in [0, 0.1) is 5.92 Å². The number of hydrogen-bond donors (Lipinski definition) is 2. The fraction of sp³-hybridized carbons (Fsp3) is 0.450. The van der Waals surface area contributed by atoms with Crippen LogP contribution in [0.3, 0.4) is 0 Å². The molecule has 27 heavy (non-hydrogen) atoms. The molecule has 2 atom stereocenters. The van der Waals surface area contributed by atoms with Crippen LogP contribution in [0.2, 0.25) is 0 Å². The lowest BCUT2D eigenvalue weighted by Crippen LogP contribution is -2.40. The molecular weight excluding hydrogens is 344 g/mol. The maximum atomic E-state index is 12.5. The van der Waals surface area contributed by atoms with E-state index in [1.165, 1.54) is 6.92 Å². The minimum Gasteiger partial charge on any atom is -0.367 e. The molecule has 1 aliphatic carbocycles. The van der Waals surface area contributed by atoms with E-state index in [-0.39, 0.29) is 23.8 Å². The van der Waals surface area contributed by atoms with E-state index in [1.807, 2.05) is 24.3 Å². The number of aromatic nitrogens is 1. The van der Waals surface area contributed by atoms with Crippen LogP contribution >= 0.6 is 0 Å². The Labute approximate surface area is 158 Å². The monoisotopic (exact) mass is 368 g/mol. The Morgan fingerprint density at radius 2 is 2.00 bits per heavy atom. The summed E-state index contributed by atoms with van der Waals surface area (Å²) in [7, 11) is 0. The zero-order valence-corrected chi connectivity index (χ0v) is 15.6. The average molecular weight is 368 g/mol. The second kappa shape index (κ2) is 7.06. The van der Waals surface area contributed by atoms with Crippen molar-refractivity contribution in [2.24, 2.45) is 5.92 Å². The summed E-state index contributed by atoms with van der Waals surface area (Å²) in [6.07, 6.45) is 2.22. The van der Waals surface area contributed by atoms with Crippen molar-refractivity contribution in [3.8, 4) is 0 Å². The van der Waals surface area contributed by atoms with Gasteiger partial charge in [-0.05, 0) is 30.9 Å². The van der Waals surface area contributed by atoms with Gasteiger partial charge in [-0.15, -0.1) is 0 Å². The second-order valence-corrected chi connectivity index (χ2v) is 7.55. The highest BCUT2D eigenvalue weighted by Crippen LogP contribution is 2.40. The molecule has 1 saturated carbocycles. The molecular formula is C20H24N4O3. The van der Waals surface area contributed by atoms with Gasteiger partial charge in [-0.2, -0.15) is 0 Å². The summed E-state index contributed by atoms with van der Waals surface area (Å²) in [5.74, 6) is 1.22. The Bertz CT molecular complexity index is 858. The molecule has 0 unspecified atom stereocenters. The molecule has 2 aromatic rings. The van der Waals surface area contributed by atoms with Gasteiger partial charge in [0, 0.05) is 32.0 Å². The first-order chi connectivity index (χ1) is 13.0. The highest BCUT2D eigenvalue weighted by molar-refractivity contribution is 5.93. The van der Waals surface area contributed by atoms with Gasteiger partial charge in [0.05, 0.1) is 17.4 Å². The van der Waals surface area contributed by atoms with E-state index in [0.29, 0.717) is 18.2 Å². The maximum absolute atomic E-state index is 12.5. The smallest absolute Gasteiger partial charge is 0.273 e. The van der Waals surface area contributed by atoms with Crippen molar-refractivity contribution in [3.63, 3.8) is 0 Å². The molecule has 1 aromatic heterocycles. The van der Waals surface area contributed by atoms with Crippen LogP contribution in [0.15, 0.2) is 34.9 Å². The zero-order chi connectivity index (χ0) is 19.0. The van der Waals surface area contributed by atoms with Gasteiger partial charge in [0.25, 0.3) is 5.91 Å². The molecule has 2 fully saturated rings. The van der Waals surface area contributed by atoms with Crippen LogP contribution in [0.25, 0.3) is 0 Å². The summed E-state index contributed by atoms with van der Waals surface area (Å²) in [6.45, 7) is 5.09. The number of para-hydroxylation sites is 2. The molecule has 0 spiro atoms. The van der Waals surface area contributed by atoms with Gasteiger partial charge in [0.15, 0.2) is 5.69 Å². The van der Waals surface area contributed by atoms with Gasteiger partial charge < -0.3 is 20.1 Å². The van der Waals surface area contributed by atoms with Crippen LogP contribution in [0.4, 0.5) is 11.4 Å². The summed E-state index contributed by atoms with van der Waals surface area (Å²) < 4.78 is 5.28. The molecule has 7 nitrogen and oxygen atoms in total. The highest BCUT2D eigenvalue weighted by atomic mass is 16.5. The second-order valence-electron chi connectivity index (χ2n) is 7.55. The first-order valence-corrected chi connectivity index (χ1v) is 9.40. The number of carbonyl (C=O) groups is 2. The zero-order valence-electron chi connectivity index (χ0n) is 15.6. The number of nitrogens with one attached hydrogen (secondary N) is 2. The third-order valence-electron chi connectivity index (χ3n) is 5.23. The number of hydrogen-bond acceptors (Lipinski definition) is 5. The molecule has 2 N–H and O–H groups in total. The molecule has 2 aliphatic rings. The Morgan fingerprint density at radius 3 is 2.74 bits per heavy atom. The first kappa shape index (κ1) is 17.6. The summed E-state index contributed by atoms with van der Waals surface area (Å²) in [5, 5.41) is 9.88. The number of anilines is 2. The van der Waals surface area contributed by atoms with E-state index in [4.69, 9.17) is 4.52 Å². The fourth-order valence-corrected chi connectivity index (χ4v) is 3.60. The van der Waals surface area contributed by atoms with Crippen molar-refractivity contribution in [2.75, 3.05) is 23.3 Å². The van der Waals surface area contributed by atoms with Gasteiger partial charge in [-0.3, -0.25) is 9.59 Å². The molecule has 0 bridgehead atoms. The normalized spacial score (nSPS) is 21.9. The van der Waals surface area contributed by atoms with Crippen molar-refractivity contribution in [3.05, 3.63) is 41.8 Å². The van der Waals surface area contributed by atoms with Crippen LogP contribution in [0.1, 0.15) is 48.9 Å². The molecule has 1 saturated heterocycles. The molecule has 2 heterocycles. The lowest BCUT2D eigenvalue weighted by Gasteiger charge is -2.22. The van der Waals surface area contributed by atoms with Crippen LogP contribution in [-0.4, -0.2) is 36.1 Å². The minimum atomic E-state index is -0.195. The number of rotatable bonds is 5. The van der Waals surface area contributed by atoms with Gasteiger partial charge in [-0.25, -0.2) is 0 Å². The molecule has 2 amide bonds. The molecule has 7 heteroatoms. The maximum Gasteiger partial charge on any atom is 0.273 e. The molecule has 142 valence electrons. The lowest BCUT2D eigenvalue weighted by molar-refractivity contribution is -0.114. The average Bonchev–Trinajstić information content (AvgIpc) is 3.25. The Kier molecular flexibility index (Phi) is 4.59. The summed E-state index contributed by atoms with van der Waals surface area (Å²) in [4.78, 5) is 26.2. The summed E-state index contributed by atoms with van der Waals surface area (Å²) in [6, 6.07) is 9.49. The van der Waals surface area contributed by atoms with Crippen LogP contribution < -0.4 is 15.5 Å². The van der Waals surface area contributed by atoms with E-state index in [2.05, 4.69) is 27.6 Å². The molecule has 1 aliphatic heterocycles. The third kappa shape index (κ3) is 3.82. The van der Waals surface area contributed by atoms with E-state index in [0.717, 1.165) is 36.5 Å². The summed E-state index contributed by atoms with van der Waals surface area (Å²) >= 11 is 0. The topological polar surface area (TPSA) is 87.5 Å². The standard InChI is InChI=1S/C20H24N4O3/c1-12-10-24(18-6-4-3-5-15(18)21-13(2)25)11-17(12)22-20(26)16-9-19(27-23-16)14-7-8-14/h3-6,9,12,14,17H,7-8,10-11H2,1-2H3,(H,21,25)(H,22,26)/t12-,17-/m0/s1. The highest BCUT2D eigenvalue weighted by Gasteiger charge is 2.33. The van der Waals surface area contributed by atoms with Gasteiger partial charge in [0.1, 0.15) is 5.76 Å². The Hall–Kier alpha value is -2.83. The van der Waals surface area contributed by atoms with E-state index >= 15 is 0 Å². The van der Waals surface area contributed by atoms with Gasteiger partial charge >= 0.3 is 0 Å².